The van der Waals surface area contributed by atoms with E-state index in [4.69, 9.17) is 4.74 Å². The molecule has 1 aliphatic rings. The number of hydrogen-bond donors (Lipinski definition) is 1. The predicted molar refractivity (Wildman–Crippen MR) is 67.5 cm³/mol. The zero-order valence-corrected chi connectivity index (χ0v) is 10.3. The van der Waals surface area contributed by atoms with Gasteiger partial charge in [0.1, 0.15) is 5.75 Å². The number of benzene rings is 1. The Labute approximate surface area is 101 Å². The molecule has 86 valence electrons. The van der Waals surface area contributed by atoms with E-state index in [2.05, 4.69) is 12.6 Å². The lowest BCUT2D eigenvalue weighted by atomic mass is 10.2. The summed E-state index contributed by atoms with van der Waals surface area (Å²) < 4.78 is 5.28. The number of anilines is 1. The maximum Gasteiger partial charge on any atom is 0.228 e. The van der Waals surface area contributed by atoms with Crippen LogP contribution >= 0.6 is 12.6 Å². The second kappa shape index (κ2) is 4.37. The van der Waals surface area contributed by atoms with Gasteiger partial charge in [-0.15, -0.1) is 0 Å². The number of carbonyl (C=O) groups excluding carboxylic acids is 1. The van der Waals surface area contributed by atoms with Crippen molar-refractivity contribution < 1.29 is 9.53 Å². The Balaban J connectivity index is 2.39. The molecule has 1 amide bonds. The number of ether oxygens (including phenoxy) is 1. The first-order valence-electron chi connectivity index (χ1n) is 5.25. The van der Waals surface area contributed by atoms with Gasteiger partial charge in [0.2, 0.25) is 5.91 Å². The summed E-state index contributed by atoms with van der Waals surface area (Å²) in [6.45, 7) is 2.66. The van der Waals surface area contributed by atoms with Crippen LogP contribution in [0.5, 0.6) is 5.75 Å². The molecule has 3 nitrogen and oxygen atoms in total. The number of hydrogen-bond acceptors (Lipinski definition) is 3. The van der Waals surface area contributed by atoms with Crippen molar-refractivity contribution in [3.05, 3.63) is 23.8 Å². The Morgan fingerprint density at radius 1 is 1.50 bits per heavy atom. The molecule has 0 spiro atoms. The van der Waals surface area contributed by atoms with E-state index in [-0.39, 0.29) is 11.2 Å². The molecular weight excluding hydrogens is 222 g/mol. The van der Waals surface area contributed by atoms with Crippen LogP contribution in [0.4, 0.5) is 5.69 Å². The van der Waals surface area contributed by atoms with Gasteiger partial charge in [0, 0.05) is 18.2 Å². The summed E-state index contributed by atoms with van der Waals surface area (Å²) in [6, 6.07) is 5.84. The molecule has 0 aliphatic carbocycles. The van der Waals surface area contributed by atoms with Gasteiger partial charge in [-0.1, -0.05) is 6.07 Å². The zero-order chi connectivity index (χ0) is 11.7. The van der Waals surface area contributed by atoms with E-state index in [9.17, 15) is 4.79 Å². The van der Waals surface area contributed by atoms with Crippen molar-refractivity contribution in [1.82, 2.24) is 0 Å². The maximum absolute atomic E-state index is 11.8. The molecule has 1 atom stereocenters. The average Bonchev–Trinajstić information content (AvgIpc) is 2.57. The molecular formula is C12H15NO2S. The Kier molecular flexibility index (Phi) is 3.10. The van der Waals surface area contributed by atoms with Gasteiger partial charge in [-0.3, -0.25) is 4.79 Å². The summed E-state index contributed by atoms with van der Waals surface area (Å²) in [7, 11) is 1.62. The topological polar surface area (TPSA) is 29.5 Å². The van der Waals surface area contributed by atoms with Crippen molar-refractivity contribution in [2.45, 2.75) is 18.6 Å². The summed E-state index contributed by atoms with van der Waals surface area (Å²) in [6.07, 6.45) is 0.500. The fourth-order valence-electron chi connectivity index (χ4n) is 1.93. The lowest BCUT2D eigenvalue weighted by molar-refractivity contribution is -0.117. The molecule has 1 heterocycles. The molecule has 1 aliphatic heterocycles. The molecule has 0 bridgehead atoms. The summed E-state index contributed by atoms with van der Waals surface area (Å²) >= 11 is 4.35. The minimum atomic E-state index is 0.115. The molecule has 1 fully saturated rings. The number of amides is 1. The van der Waals surface area contributed by atoms with Crippen LogP contribution in [0.2, 0.25) is 0 Å². The number of methoxy groups -OCH3 is 1. The van der Waals surface area contributed by atoms with Crippen molar-refractivity contribution in [3.63, 3.8) is 0 Å². The number of thiol groups is 1. The minimum Gasteiger partial charge on any atom is -0.495 e. The fraction of sp³-hybridized carbons (Fsp3) is 0.417. The van der Waals surface area contributed by atoms with E-state index in [1.807, 2.05) is 25.1 Å². The summed E-state index contributed by atoms with van der Waals surface area (Å²) in [5.41, 5.74) is 1.97. The van der Waals surface area contributed by atoms with Crippen LogP contribution in [0, 0.1) is 6.92 Å². The predicted octanol–water partition coefficient (Wildman–Crippen LogP) is 2.04. The molecule has 1 unspecified atom stereocenters. The largest absolute Gasteiger partial charge is 0.495 e. The second-order valence-corrected chi connectivity index (χ2v) is 4.77. The fourth-order valence-corrected chi connectivity index (χ4v) is 2.25. The van der Waals surface area contributed by atoms with Gasteiger partial charge in [-0.2, -0.15) is 12.6 Å². The van der Waals surface area contributed by atoms with Crippen LogP contribution in [-0.2, 0) is 4.79 Å². The molecule has 0 aromatic heterocycles. The molecule has 1 aromatic rings. The number of nitrogens with zero attached hydrogens (tertiary/aromatic N) is 1. The van der Waals surface area contributed by atoms with Crippen molar-refractivity contribution in [2.24, 2.45) is 0 Å². The Morgan fingerprint density at radius 2 is 2.25 bits per heavy atom. The summed E-state index contributed by atoms with van der Waals surface area (Å²) in [5, 5.41) is 0.123. The Morgan fingerprint density at radius 3 is 2.81 bits per heavy atom. The van der Waals surface area contributed by atoms with E-state index < -0.39 is 0 Å². The first-order chi connectivity index (χ1) is 7.61. The van der Waals surface area contributed by atoms with Crippen molar-refractivity contribution >= 4 is 24.2 Å². The number of aryl methyl sites for hydroxylation is 1. The third-order valence-electron chi connectivity index (χ3n) is 2.73. The first-order valence-corrected chi connectivity index (χ1v) is 5.76. The Bertz CT molecular complexity index is 419. The standard InChI is InChI=1S/C12H15NO2S/c1-8-3-4-11(15-2)10(5-8)13-7-9(16)6-12(13)14/h3-5,9,16H,6-7H2,1-2H3. The van der Waals surface area contributed by atoms with E-state index >= 15 is 0 Å². The van der Waals surface area contributed by atoms with Crippen LogP contribution < -0.4 is 9.64 Å². The summed E-state index contributed by atoms with van der Waals surface area (Å²) in [4.78, 5) is 13.5. The SMILES string of the molecule is COc1ccc(C)cc1N1CC(S)CC1=O. The van der Waals surface area contributed by atoms with E-state index in [0.717, 1.165) is 17.0 Å². The van der Waals surface area contributed by atoms with Crippen LogP contribution in [0.25, 0.3) is 0 Å². The third-order valence-corrected chi connectivity index (χ3v) is 3.08. The maximum atomic E-state index is 11.8. The molecule has 4 heteroatoms. The van der Waals surface area contributed by atoms with Crippen LogP contribution in [-0.4, -0.2) is 24.8 Å². The highest BCUT2D eigenvalue weighted by atomic mass is 32.1. The molecule has 0 radical (unpaired) electrons. The molecule has 0 N–H and O–H groups in total. The highest BCUT2D eigenvalue weighted by molar-refractivity contribution is 7.81. The van der Waals surface area contributed by atoms with Crippen molar-refractivity contribution in [1.29, 1.82) is 0 Å². The minimum absolute atomic E-state index is 0.115. The van der Waals surface area contributed by atoms with E-state index in [1.54, 1.807) is 12.0 Å². The van der Waals surface area contributed by atoms with Gasteiger partial charge in [0.15, 0.2) is 0 Å². The quantitative estimate of drug-likeness (QED) is 0.798. The van der Waals surface area contributed by atoms with Crippen molar-refractivity contribution in [2.75, 3.05) is 18.6 Å². The normalized spacial score (nSPS) is 20.3. The lowest BCUT2D eigenvalue weighted by Crippen LogP contribution is -2.25. The molecule has 1 aromatic carbocycles. The molecule has 16 heavy (non-hydrogen) atoms. The Hall–Kier alpha value is -1.16. The average molecular weight is 237 g/mol. The third kappa shape index (κ3) is 2.02. The lowest BCUT2D eigenvalue weighted by Gasteiger charge is -2.19. The van der Waals surface area contributed by atoms with Gasteiger partial charge in [-0.05, 0) is 24.6 Å². The monoisotopic (exact) mass is 237 g/mol. The second-order valence-electron chi connectivity index (χ2n) is 4.04. The van der Waals surface area contributed by atoms with Crippen LogP contribution in [0.15, 0.2) is 18.2 Å². The van der Waals surface area contributed by atoms with Gasteiger partial charge in [0.05, 0.1) is 12.8 Å². The number of carbonyl (C=O) groups is 1. The van der Waals surface area contributed by atoms with E-state index in [0.29, 0.717) is 13.0 Å². The molecule has 1 saturated heterocycles. The molecule has 2 rings (SSSR count). The van der Waals surface area contributed by atoms with Gasteiger partial charge in [-0.25, -0.2) is 0 Å². The van der Waals surface area contributed by atoms with Gasteiger partial charge >= 0.3 is 0 Å². The van der Waals surface area contributed by atoms with E-state index in [1.165, 1.54) is 0 Å². The first kappa shape index (κ1) is 11.3. The van der Waals surface area contributed by atoms with Gasteiger partial charge < -0.3 is 9.64 Å². The number of rotatable bonds is 2. The van der Waals surface area contributed by atoms with Gasteiger partial charge in [0.25, 0.3) is 0 Å². The molecule has 0 saturated carbocycles. The zero-order valence-electron chi connectivity index (χ0n) is 9.43. The van der Waals surface area contributed by atoms with Crippen molar-refractivity contribution in [3.8, 4) is 5.75 Å². The highest BCUT2D eigenvalue weighted by Crippen LogP contribution is 2.33. The summed E-state index contributed by atoms with van der Waals surface area (Å²) in [5.74, 6) is 0.852. The van der Waals surface area contributed by atoms with Crippen LogP contribution in [0.3, 0.4) is 0 Å². The van der Waals surface area contributed by atoms with Crippen LogP contribution in [0.1, 0.15) is 12.0 Å². The highest BCUT2D eigenvalue weighted by Gasteiger charge is 2.30. The smallest absolute Gasteiger partial charge is 0.228 e.